The third-order valence-electron chi connectivity index (χ3n) is 6.37. The monoisotopic (exact) mass is 405 g/mol. The number of benzene rings is 4. The fraction of sp³-hybridized carbons (Fsp3) is 0.200. The minimum Gasteiger partial charge on any atom is -0.331 e. The Labute approximate surface area is 187 Å². The smallest absolute Gasteiger partial charge is 0.0646 e. The summed E-state index contributed by atoms with van der Waals surface area (Å²) >= 11 is 0. The van der Waals surface area contributed by atoms with Crippen LogP contribution in [0, 0.1) is 0 Å². The zero-order valence-corrected chi connectivity index (χ0v) is 18.9. The fourth-order valence-corrected chi connectivity index (χ4v) is 4.52. The molecule has 4 aromatic carbocycles. The summed E-state index contributed by atoms with van der Waals surface area (Å²) in [6.45, 7) is 9.25. The van der Waals surface area contributed by atoms with Gasteiger partial charge in [0.05, 0.1) is 5.54 Å². The molecule has 0 aromatic heterocycles. The topological polar surface area (TPSA) is 3.24 Å². The van der Waals surface area contributed by atoms with Crippen LogP contribution in [0.3, 0.4) is 0 Å². The number of hydrogen-bond acceptors (Lipinski definition) is 1. The molecule has 0 aliphatic carbocycles. The maximum absolute atomic E-state index is 2.49. The van der Waals surface area contributed by atoms with Crippen LogP contribution in [-0.4, -0.2) is 0 Å². The number of rotatable bonds is 6. The molecule has 0 N–H and O–H groups in total. The summed E-state index contributed by atoms with van der Waals surface area (Å²) in [5, 5.41) is 0. The zero-order valence-electron chi connectivity index (χ0n) is 18.9. The van der Waals surface area contributed by atoms with E-state index in [-0.39, 0.29) is 11.0 Å². The maximum atomic E-state index is 2.49. The highest BCUT2D eigenvalue weighted by atomic mass is 15.2. The second kappa shape index (κ2) is 8.43. The van der Waals surface area contributed by atoms with Crippen molar-refractivity contribution >= 4 is 11.4 Å². The Kier molecular flexibility index (Phi) is 5.69. The highest BCUT2D eigenvalue weighted by Crippen LogP contribution is 2.45. The van der Waals surface area contributed by atoms with E-state index < -0.39 is 0 Å². The normalized spacial score (nSPS) is 11.9. The first-order valence-corrected chi connectivity index (χ1v) is 11.0. The lowest BCUT2D eigenvalue weighted by atomic mass is 9.76. The third kappa shape index (κ3) is 4.01. The van der Waals surface area contributed by atoms with E-state index in [1.54, 1.807) is 0 Å². The van der Waals surface area contributed by atoms with Crippen molar-refractivity contribution in [2.45, 2.75) is 38.6 Å². The first-order valence-electron chi connectivity index (χ1n) is 11.0. The van der Waals surface area contributed by atoms with Crippen molar-refractivity contribution in [1.82, 2.24) is 0 Å². The van der Waals surface area contributed by atoms with Gasteiger partial charge in [-0.05, 0) is 48.7 Å². The van der Waals surface area contributed by atoms with E-state index >= 15 is 0 Å². The van der Waals surface area contributed by atoms with E-state index in [9.17, 15) is 0 Å². The second-order valence-corrected chi connectivity index (χ2v) is 9.10. The molecule has 0 atom stereocenters. The lowest BCUT2D eigenvalue weighted by Crippen LogP contribution is -2.39. The number of hydrogen-bond donors (Lipinski definition) is 0. The molecule has 0 aliphatic heterocycles. The molecule has 1 nitrogen and oxygen atoms in total. The molecule has 4 rings (SSSR count). The van der Waals surface area contributed by atoms with E-state index in [2.05, 4.69) is 148 Å². The predicted octanol–water partition coefficient (Wildman–Crippen LogP) is 8.09. The molecule has 0 saturated heterocycles. The Morgan fingerprint density at radius 3 is 1.52 bits per heavy atom. The van der Waals surface area contributed by atoms with Gasteiger partial charge in [-0.2, -0.15) is 0 Å². The molecule has 4 aromatic rings. The van der Waals surface area contributed by atoms with Crippen LogP contribution in [0.5, 0.6) is 0 Å². The molecule has 0 saturated carbocycles. The minimum atomic E-state index is -0.245. The first-order chi connectivity index (χ1) is 14.9. The summed E-state index contributed by atoms with van der Waals surface area (Å²) in [6.07, 6.45) is 0. The van der Waals surface area contributed by atoms with Gasteiger partial charge >= 0.3 is 0 Å². The number of nitrogens with zero attached hydrogens (tertiary/aromatic N) is 1. The average molecular weight is 406 g/mol. The largest absolute Gasteiger partial charge is 0.331 e. The van der Waals surface area contributed by atoms with Crippen LogP contribution in [0.4, 0.5) is 11.4 Å². The Hall–Kier alpha value is -3.32. The van der Waals surface area contributed by atoms with Crippen LogP contribution >= 0.6 is 0 Å². The van der Waals surface area contributed by atoms with E-state index in [4.69, 9.17) is 0 Å². The summed E-state index contributed by atoms with van der Waals surface area (Å²) in [7, 11) is 0. The van der Waals surface area contributed by atoms with Gasteiger partial charge in [0, 0.05) is 16.8 Å². The lowest BCUT2D eigenvalue weighted by Gasteiger charge is -2.44. The van der Waals surface area contributed by atoms with E-state index in [0.29, 0.717) is 0 Å². The standard InChI is InChI=1S/C30H31N/c1-29(2,24-16-8-5-9-17-24)27-22-14-15-23-28(27)31(26-20-12-7-13-21-26)30(3,4)25-18-10-6-11-19-25/h5-23H,1-4H3. The lowest BCUT2D eigenvalue weighted by molar-refractivity contribution is 0.528. The van der Waals surface area contributed by atoms with Crippen LogP contribution in [0.1, 0.15) is 44.4 Å². The molecule has 0 heterocycles. The molecule has 156 valence electrons. The summed E-state index contributed by atoms with van der Waals surface area (Å²) in [6, 6.07) is 41.1. The Balaban J connectivity index is 1.94. The van der Waals surface area contributed by atoms with E-state index in [0.717, 1.165) is 0 Å². The van der Waals surface area contributed by atoms with Crippen molar-refractivity contribution in [1.29, 1.82) is 0 Å². The van der Waals surface area contributed by atoms with Gasteiger partial charge in [0.15, 0.2) is 0 Å². The van der Waals surface area contributed by atoms with Gasteiger partial charge in [-0.3, -0.25) is 0 Å². The van der Waals surface area contributed by atoms with Crippen molar-refractivity contribution in [3.63, 3.8) is 0 Å². The summed E-state index contributed by atoms with van der Waals surface area (Å²) < 4.78 is 0. The molecule has 0 radical (unpaired) electrons. The van der Waals surface area contributed by atoms with Crippen LogP contribution in [0.15, 0.2) is 115 Å². The quantitative estimate of drug-likeness (QED) is 0.313. The van der Waals surface area contributed by atoms with Crippen LogP contribution in [0.2, 0.25) is 0 Å². The van der Waals surface area contributed by atoms with Gasteiger partial charge in [-0.25, -0.2) is 0 Å². The van der Waals surface area contributed by atoms with Crippen molar-refractivity contribution in [3.8, 4) is 0 Å². The van der Waals surface area contributed by atoms with Crippen molar-refractivity contribution in [2.24, 2.45) is 0 Å². The SMILES string of the molecule is CC(C)(c1ccccc1)c1ccccc1N(c1ccccc1)C(C)(C)c1ccccc1. The highest BCUT2D eigenvalue weighted by Gasteiger charge is 2.35. The molecule has 0 amide bonds. The highest BCUT2D eigenvalue weighted by molar-refractivity contribution is 5.71. The molecule has 0 aliphatic rings. The molecule has 0 fully saturated rings. The Bertz CT molecular complexity index is 1110. The Morgan fingerprint density at radius 1 is 0.484 bits per heavy atom. The van der Waals surface area contributed by atoms with Gasteiger partial charge < -0.3 is 4.90 Å². The van der Waals surface area contributed by atoms with E-state index in [1.165, 1.54) is 28.1 Å². The van der Waals surface area contributed by atoms with Crippen LogP contribution in [0.25, 0.3) is 0 Å². The van der Waals surface area contributed by atoms with Crippen LogP contribution in [-0.2, 0) is 11.0 Å². The second-order valence-electron chi connectivity index (χ2n) is 9.10. The van der Waals surface area contributed by atoms with E-state index in [1.807, 2.05) is 0 Å². The molecule has 31 heavy (non-hydrogen) atoms. The van der Waals surface area contributed by atoms with Gasteiger partial charge in [0.1, 0.15) is 0 Å². The fourth-order valence-electron chi connectivity index (χ4n) is 4.52. The summed E-state index contributed by atoms with van der Waals surface area (Å²) in [4.78, 5) is 2.49. The van der Waals surface area contributed by atoms with Crippen molar-refractivity contribution in [3.05, 3.63) is 132 Å². The number of para-hydroxylation sites is 2. The maximum Gasteiger partial charge on any atom is 0.0646 e. The first kappa shape index (κ1) is 20.9. The Morgan fingerprint density at radius 2 is 0.935 bits per heavy atom. The minimum absolute atomic E-state index is 0.141. The molecular formula is C30H31N. The molecule has 0 bridgehead atoms. The molecular weight excluding hydrogens is 374 g/mol. The van der Waals surface area contributed by atoms with Gasteiger partial charge in [-0.15, -0.1) is 0 Å². The van der Waals surface area contributed by atoms with Gasteiger partial charge in [-0.1, -0.05) is 111 Å². The van der Waals surface area contributed by atoms with Gasteiger partial charge in [0.25, 0.3) is 0 Å². The summed E-state index contributed by atoms with van der Waals surface area (Å²) in [5.41, 5.74) is 5.95. The third-order valence-corrected chi connectivity index (χ3v) is 6.37. The number of anilines is 2. The zero-order chi connectivity index (χ0) is 21.9. The van der Waals surface area contributed by atoms with Gasteiger partial charge in [0.2, 0.25) is 0 Å². The molecule has 1 heteroatoms. The summed E-state index contributed by atoms with van der Waals surface area (Å²) in [5.74, 6) is 0. The average Bonchev–Trinajstić information content (AvgIpc) is 2.81. The van der Waals surface area contributed by atoms with Crippen molar-refractivity contribution in [2.75, 3.05) is 4.90 Å². The molecule has 0 spiro atoms. The molecule has 0 unspecified atom stereocenters. The predicted molar refractivity (Wildman–Crippen MR) is 133 cm³/mol. The van der Waals surface area contributed by atoms with Crippen molar-refractivity contribution < 1.29 is 0 Å². The van der Waals surface area contributed by atoms with Crippen LogP contribution < -0.4 is 4.90 Å².